The molecule has 1 heteroatoms. The summed E-state index contributed by atoms with van der Waals surface area (Å²) in [6.07, 6.45) is 16.4. The average molecular weight is 297 g/mol. The van der Waals surface area contributed by atoms with Gasteiger partial charge in [0.1, 0.15) is 0 Å². The highest BCUT2D eigenvalue weighted by Gasteiger charge is 2.35. The lowest BCUT2D eigenvalue weighted by atomic mass is 9.69. The first-order valence-corrected chi connectivity index (χ1v) is 10.3. The van der Waals surface area contributed by atoms with Crippen molar-refractivity contribution in [2.75, 3.05) is 5.75 Å². The molecule has 0 aromatic rings. The molecule has 0 heterocycles. The molecule has 0 spiro atoms. The van der Waals surface area contributed by atoms with Gasteiger partial charge in [-0.1, -0.05) is 46.5 Å². The average Bonchev–Trinajstić information content (AvgIpc) is 2.47. The third kappa shape index (κ3) is 4.68. The standard InChI is InChI=1S/C19H36S/c1-4-6-16-7-9-17(10-8-16)18-11-13-19(3,14-12-18)20-15-5-2/h16-18H,4-15H2,1-3H3. The Kier molecular flexibility index (Phi) is 6.78. The van der Waals surface area contributed by atoms with Crippen LogP contribution < -0.4 is 0 Å². The van der Waals surface area contributed by atoms with Crippen LogP contribution in [0.4, 0.5) is 0 Å². The van der Waals surface area contributed by atoms with Crippen molar-refractivity contribution in [2.45, 2.75) is 96.1 Å². The van der Waals surface area contributed by atoms with Crippen LogP contribution >= 0.6 is 11.8 Å². The van der Waals surface area contributed by atoms with Crippen molar-refractivity contribution in [1.29, 1.82) is 0 Å². The summed E-state index contributed by atoms with van der Waals surface area (Å²) in [5.41, 5.74) is 0. The van der Waals surface area contributed by atoms with Crippen LogP contribution in [0.1, 0.15) is 91.4 Å². The van der Waals surface area contributed by atoms with Gasteiger partial charge in [0.25, 0.3) is 0 Å². The predicted octanol–water partition coefficient (Wildman–Crippen LogP) is 6.69. The number of rotatable bonds is 6. The number of hydrogen-bond acceptors (Lipinski definition) is 1. The van der Waals surface area contributed by atoms with Crippen LogP contribution in [0.2, 0.25) is 0 Å². The summed E-state index contributed by atoms with van der Waals surface area (Å²) in [6, 6.07) is 0. The summed E-state index contributed by atoms with van der Waals surface area (Å²) in [5.74, 6) is 4.60. The molecule has 2 saturated carbocycles. The molecule has 0 amide bonds. The molecular weight excluding hydrogens is 260 g/mol. The Labute approximate surface area is 131 Å². The van der Waals surface area contributed by atoms with E-state index in [-0.39, 0.29) is 0 Å². The van der Waals surface area contributed by atoms with Crippen molar-refractivity contribution in [1.82, 2.24) is 0 Å². The van der Waals surface area contributed by atoms with Gasteiger partial charge in [-0.05, 0) is 68.5 Å². The van der Waals surface area contributed by atoms with Gasteiger partial charge < -0.3 is 0 Å². The van der Waals surface area contributed by atoms with E-state index in [4.69, 9.17) is 0 Å². The molecule has 0 aromatic carbocycles. The van der Waals surface area contributed by atoms with Gasteiger partial charge in [0, 0.05) is 4.75 Å². The van der Waals surface area contributed by atoms with Gasteiger partial charge in [-0.15, -0.1) is 0 Å². The molecule has 2 aliphatic carbocycles. The number of hydrogen-bond donors (Lipinski definition) is 0. The molecule has 0 N–H and O–H groups in total. The Morgan fingerprint density at radius 3 is 2.00 bits per heavy atom. The zero-order valence-corrected chi connectivity index (χ0v) is 14.9. The maximum Gasteiger partial charge on any atom is 0.0132 e. The highest BCUT2D eigenvalue weighted by atomic mass is 32.2. The van der Waals surface area contributed by atoms with Gasteiger partial charge in [-0.25, -0.2) is 0 Å². The van der Waals surface area contributed by atoms with Crippen molar-refractivity contribution < 1.29 is 0 Å². The van der Waals surface area contributed by atoms with Crippen LogP contribution in [0, 0.1) is 17.8 Å². The van der Waals surface area contributed by atoms with Gasteiger partial charge in [-0.2, -0.15) is 11.8 Å². The molecule has 0 saturated heterocycles. The molecule has 2 fully saturated rings. The normalized spacial score (nSPS) is 38.9. The Morgan fingerprint density at radius 1 is 0.850 bits per heavy atom. The van der Waals surface area contributed by atoms with E-state index in [2.05, 4.69) is 32.5 Å². The Balaban J connectivity index is 1.72. The van der Waals surface area contributed by atoms with Gasteiger partial charge in [0.2, 0.25) is 0 Å². The Bertz CT molecular complexity index is 257. The van der Waals surface area contributed by atoms with Crippen LogP contribution in [0.5, 0.6) is 0 Å². The minimum absolute atomic E-state index is 0.617. The fourth-order valence-corrected chi connectivity index (χ4v) is 5.79. The maximum absolute atomic E-state index is 2.53. The molecule has 0 radical (unpaired) electrons. The SMILES string of the molecule is CCCSC1(C)CCC(C2CCC(CCC)CC2)CC1. The molecule has 0 aliphatic heterocycles. The summed E-state index contributed by atoms with van der Waals surface area (Å²) in [6.45, 7) is 7.19. The second-order valence-electron chi connectivity index (χ2n) is 7.71. The predicted molar refractivity (Wildman–Crippen MR) is 93.5 cm³/mol. The smallest absolute Gasteiger partial charge is 0.0132 e. The van der Waals surface area contributed by atoms with E-state index in [1.54, 1.807) is 12.8 Å². The molecule has 0 bridgehead atoms. The van der Waals surface area contributed by atoms with Crippen LogP contribution in [0.3, 0.4) is 0 Å². The molecule has 0 unspecified atom stereocenters. The lowest BCUT2D eigenvalue weighted by Crippen LogP contribution is -2.32. The Morgan fingerprint density at radius 2 is 1.45 bits per heavy atom. The summed E-state index contributed by atoms with van der Waals surface area (Å²) in [5, 5.41) is 0. The van der Waals surface area contributed by atoms with Crippen molar-refractivity contribution >= 4 is 11.8 Å². The van der Waals surface area contributed by atoms with Crippen molar-refractivity contribution in [3.8, 4) is 0 Å². The van der Waals surface area contributed by atoms with Gasteiger partial charge >= 0.3 is 0 Å². The first kappa shape index (κ1) is 16.7. The molecule has 2 aliphatic rings. The zero-order valence-electron chi connectivity index (χ0n) is 14.1. The first-order valence-electron chi connectivity index (χ1n) is 9.31. The van der Waals surface area contributed by atoms with E-state index in [0.29, 0.717) is 4.75 Å². The zero-order chi connectivity index (χ0) is 14.4. The molecule has 118 valence electrons. The largest absolute Gasteiger partial charge is 0.155 e. The molecule has 2 rings (SSSR count). The summed E-state index contributed by atoms with van der Waals surface area (Å²) in [4.78, 5) is 0. The van der Waals surface area contributed by atoms with Crippen LogP contribution in [0.25, 0.3) is 0 Å². The van der Waals surface area contributed by atoms with Gasteiger partial charge in [0.05, 0.1) is 0 Å². The van der Waals surface area contributed by atoms with E-state index in [0.717, 1.165) is 17.8 Å². The highest BCUT2D eigenvalue weighted by molar-refractivity contribution is 8.00. The monoisotopic (exact) mass is 296 g/mol. The van der Waals surface area contributed by atoms with Crippen LogP contribution in [-0.4, -0.2) is 10.5 Å². The summed E-state index contributed by atoms with van der Waals surface area (Å²) in [7, 11) is 0. The fourth-order valence-electron chi connectivity index (χ4n) is 4.57. The highest BCUT2D eigenvalue weighted by Crippen LogP contribution is 2.47. The molecular formula is C19H36S. The van der Waals surface area contributed by atoms with E-state index in [1.165, 1.54) is 63.5 Å². The number of thioether (sulfide) groups is 1. The van der Waals surface area contributed by atoms with E-state index >= 15 is 0 Å². The molecule has 0 atom stereocenters. The topological polar surface area (TPSA) is 0 Å². The van der Waals surface area contributed by atoms with E-state index in [1.807, 2.05) is 0 Å². The quantitative estimate of drug-likeness (QED) is 0.526. The van der Waals surface area contributed by atoms with E-state index < -0.39 is 0 Å². The summed E-state index contributed by atoms with van der Waals surface area (Å²) >= 11 is 2.26. The fraction of sp³-hybridized carbons (Fsp3) is 1.00. The minimum atomic E-state index is 0.617. The van der Waals surface area contributed by atoms with Crippen molar-refractivity contribution in [3.63, 3.8) is 0 Å². The molecule has 0 nitrogen and oxygen atoms in total. The Hall–Kier alpha value is 0.350. The second kappa shape index (κ2) is 8.11. The minimum Gasteiger partial charge on any atom is -0.155 e. The third-order valence-electron chi connectivity index (χ3n) is 6.00. The lowest BCUT2D eigenvalue weighted by molar-refractivity contribution is 0.154. The second-order valence-corrected chi connectivity index (χ2v) is 9.39. The van der Waals surface area contributed by atoms with Gasteiger partial charge in [-0.3, -0.25) is 0 Å². The third-order valence-corrected chi connectivity index (χ3v) is 7.72. The molecule has 0 aromatic heterocycles. The van der Waals surface area contributed by atoms with Crippen LogP contribution in [0.15, 0.2) is 0 Å². The van der Waals surface area contributed by atoms with Crippen molar-refractivity contribution in [3.05, 3.63) is 0 Å². The van der Waals surface area contributed by atoms with Gasteiger partial charge in [0.15, 0.2) is 0 Å². The molecule has 20 heavy (non-hydrogen) atoms. The van der Waals surface area contributed by atoms with E-state index in [9.17, 15) is 0 Å². The first-order chi connectivity index (χ1) is 9.67. The summed E-state index contributed by atoms with van der Waals surface area (Å²) < 4.78 is 0.617. The van der Waals surface area contributed by atoms with Crippen molar-refractivity contribution in [2.24, 2.45) is 17.8 Å². The maximum atomic E-state index is 2.53. The van der Waals surface area contributed by atoms with Crippen LogP contribution in [-0.2, 0) is 0 Å². The lowest BCUT2D eigenvalue weighted by Gasteiger charge is -2.42.